The van der Waals surface area contributed by atoms with Gasteiger partial charge in [0.15, 0.2) is 0 Å². The molecular weight excluding hydrogens is 370 g/mol. The number of carbonyl (C=O) groups is 2. The van der Waals surface area contributed by atoms with Crippen LogP contribution in [0.4, 0.5) is 0 Å². The van der Waals surface area contributed by atoms with E-state index in [9.17, 15) is 19.8 Å². The standard InChI is InChI=1S/C18H27N3O5S/c1-9-14-13(10(2)22)17(23)21(14)15(18(24)25)16(9)27-12-7-20(8-12)6-11-5-19-3-4-26-11/h9-14,19,22H,3-8H2,1-2H3,(H,24,25)/t9-,10-,11-,13-,14-/m1/s1. The van der Waals surface area contributed by atoms with E-state index >= 15 is 0 Å². The summed E-state index contributed by atoms with van der Waals surface area (Å²) >= 11 is 1.59. The van der Waals surface area contributed by atoms with E-state index in [0.717, 1.165) is 44.2 Å². The van der Waals surface area contributed by atoms with Gasteiger partial charge in [0.2, 0.25) is 5.91 Å². The molecule has 0 aliphatic carbocycles. The van der Waals surface area contributed by atoms with Crippen LogP contribution in [0.15, 0.2) is 10.6 Å². The third-order valence-electron chi connectivity index (χ3n) is 5.99. The predicted octanol–water partition coefficient (Wildman–Crippen LogP) is -0.454. The number of fused-ring (bicyclic) bond motifs is 1. The van der Waals surface area contributed by atoms with Crippen LogP contribution in [-0.2, 0) is 14.3 Å². The summed E-state index contributed by atoms with van der Waals surface area (Å²) in [5.74, 6) is -1.88. The van der Waals surface area contributed by atoms with Crippen molar-refractivity contribution in [1.29, 1.82) is 0 Å². The molecule has 0 unspecified atom stereocenters. The minimum absolute atomic E-state index is 0.0571. The molecule has 0 aromatic heterocycles. The van der Waals surface area contributed by atoms with Crippen molar-refractivity contribution < 1.29 is 24.5 Å². The van der Waals surface area contributed by atoms with Crippen LogP contribution in [0.25, 0.3) is 0 Å². The van der Waals surface area contributed by atoms with Gasteiger partial charge in [-0.15, -0.1) is 11.8 Å². The monoisotopic (exact) mass is 397 g/mol. The molecule has 8 nitrogen and oxygen atoms in total. The number of nitrogens with one attached hydrogen (secondary N) is 1. The molecule has 0 saturated carbocycles. The molecule has 4 heterocycles. The summed E-state index contributed by atoms with van der Waals surface area (Å²) in [4.78, 5) is 28.7. The highest BCUT2D eigenvalue weighted by Crippen LogP contribution is 2.51. The molecule has 3 N–H and O–H groups in total. The number of aliphatic carboxylic acids is 1. The minimum atomic E-state index is -1.05. The summed E-state index contributed by atoms with van der Waals surface area (Å²) in [6.07, 6.45) is -0.542. The number of carbonyl (C=O) groups excluding carboxylic acids is 1. The van der Waals surface area contributed by atoms with E-state index in [2.05, 4.69) is 10.2 Å². The number of thioether (sulfide) groups is 1. The van der Waals surface area contributed by atoms with E-state index in [1.807, 2.05) is 6.92 Å². The van der Waals surface area contributed by atoms with Crippen LogP contribution in [-0.4, -0.2) is 94.7 Å². The number of hydrogen-bond acceptors (Lipinski definition) is 7. The lowest BCUT2D eigenvalue weighted by Gasteiger charge is -2.46. The van der Waals surface area contributed by atoms with Crippen molar-refractivity contribution >= 4 is 23.6 Å². The number of aliphatic hydroxyl groups is 1. The van der Waals surface area contributed by atoms with Crippen LogP contribution in [0.1, 0.15) is 13.8 Å². The number of ether oxygens (including phenoxy) is 1. The van der Waals surface area contributed by atoms with Gasteiger partial charge in [-0.1, -0.05) is 6.92 Å². The molecule has 3 fully saturated rings. The maximum Gasteiger partial charge on any atom is 0.353 e. The van der Waals surface area contributed by atoms with Crippen LogP contribution in [0.5, 0.6) is 0 Å². The average molecular weight is 397 g/mol. The second-order valence-electron chi connectivity index (χ2n) is 7.93. The Morgan fingerprint density at radius 1 is 1.44 bits per heavy atom. The molecule has 0 radical (unpaired) electrons. The third-order valence-corrected chi connectivity index (χ3v) is 7.45. The number of nitrogens with zero attached hydrogens (tertiary/aromatic N) is 2. The highest BCUT2D eigenvalue weighted by molar-refractivity contribution is 8.03. The normalized spacial score (nSPS) is 35.7. The van der Waals surface area contributed by atoms with E-state index in [4.69, 9.17) is 4.74 Å². The molecule has 150 valence electrons. The van der Waals surface area contributed by atoms with Crippen LogP contribution in [0.2, 0.25) is 0 Å². The summed E-state index contributed by atoms with van der Waals surface area (Å²) in [5.41, 5.74) is 0.123. The van der Waals surface area contributed by atoms with E-state index in [1.54, 1.807) is 18.7 Å². The molecule has 5 atom stereocenters. The Kier molecular flexibility index (Phi) is 5.24. The Morgan fingerprint density at radius 3 is 2.78 bits per heavy atom. The second kappa shape index (κ2) is 7.36. The highest BCUT2D eigenvalue weighted by atomic mass is 32.2. The maximum absolute atomic E-state index is 12.4. The van der Waals surface area contributed by atoms with Crippen molar-refractivity contribution in [2.75, 3.05) is 39.3 Å². The topological polar surface area (TPSA) is 102 Å². The van der Waals surface area contributed by atoms with Gasteiger partial charge in [-0.25, -0.2) is 4.79 Å². The number of β-lactam (4-membered cyclic amide) rings is 1. The van der Waals surface area contributed by atoms with Gasteiger partial charge in [-0.2, -0.15) is 0 Å². The molecule has 27 heavy (non-hydrogen) atoms. The molecule has 0 aromatic carbocycles. The Balaban J connectivity index is 1.38. The lowest BCUT2D eigenvalue weighted by molar-refractivity contribution is -0.163. The van der Waals surface area contributed by atoms with Gasteiger partial charge in [0.1, 0.15) is 5.70 Å². The van der Waals surface area contributed by atoms with Gasteiger partial charge in [0.25, 0.3) is 0 Å². The SMILES string of the molecule is C[C@@H](O)[C@H]1C(=O)N2C(C(=O)O)=C(SC3CN(C[C@H]4CNCCO4)C3)[C@H](C)[C@H]12. The number of rotatable bonds is 6. The molecule has 9 heteroatoms. The number of hydrogen-bond donors (Lipinski definition) is 3. The van der Waals surface area contributed by atoms with Crippen molar-refractivity contribution in [1.82, 2.24) is 15.1 Å². The summed E-state index contributed by atoms with van der Waals surface area (Å²) in [6.45, 7) is 8.78. The number of carboxylic acids is 1. The zero-order chi connectivity index (χ0) is 19.3. The molecular formula is C18H27N3O5S. The number of amides is 1. The fourth-order valence-corrected chi connectivity index (χ4v) is 6.21. The largest absolute Gasteiger partial charge is 0.477 e. The molecule has 0 bridgehead atoms. The summed E-state index contributed by atoms with van der Waals surface area (Å²) in [6, 6.07) is -0.232. The number of aliphatic hydroxyl groups excluding tert-OH is 1. The van der Waals surface area contributed by atoms with Gasteiger partial charge >= 0.3 is 5.97 Å². The van der Waals surface area contributed by atoms with Gasteiger partial charge in [-0.05, 0) is 6.92 Å². The lowest BCUT2D eigenvalue weighted by Crippen LogP contribution is -2.63. The Morgan fingerprint density at radius 2 is 2.19 bits per heavy atom. The van der Waals surface area contributed by atoms with Gasteiger partial charge < -0.3 is 25.2 Å². The van der Waals surface area contributed by atoms with Crippen LogP contribution in [0, 0.1) is 11.8 Å². The highest BCUT2D eigenvalue weighted by Gasteiger charge is 2.60. The quantitative estimate of drug-likeness (QED) is 0.518. The van der Waals surface area contributed by atoms with Crippen LogP contribution < -0.4 is 5.32 Å². The van der Waals surface area contributed by atoms with Gasteiger partial charge in [0, 0.05) is 48.8 Å². The van der Waals surface area contributed by atoms with Crippen LogP contribution >= 0.6 is 11.8 Å². The molecule has 1 amide bonds. The average Bonchev–Trinajstić information content (AvgIpc) is 2.83. The van der Waals surface area contributed by atoms with Crippen molar-refractivity contribution in [3.63, 3.8) is 0 Å². The molecule has 4 aliphatic heterocycles. The smallest absolute Gasteiger partial charge is 0.353 e. The summed E-state index contributed by atoms with van der Waals surface area (Å²) < 4.78 is 5.74. The van der Waals surface area contributed by atoms with Crippen molar-refractivity contribution in [2.24, 2.45) is 11.8 Å². The van der Waals surface area contributed by atoms with Crippen LogP contribution in [0.3, 0.4) is 0 Å². The molecule has 3 saturated heterocycles. The first-order valence-electron chi connectivity index (χ1n) is 9.58. The fourth-order valence-electron chi connectivity index (χ4n) is 4.63. The first-order valence-corrected chi connectivity index (χ1v) is 10.5. The lowest BCUT2D eigenvalue weighted by atomic mass is 9.79. The number of carboxylic acid groups (broad SMARTS) is 1. The third kappa shape index (κ3) is 3.29. The summed E-state index contributed by atoms with van der Waals surface area (Å²) in [7, 11) is 0. The van der Waals surface area contributed by atoms with Gasteiger partial charge in [-0.3, -0.25) is 9.69 Å². The fraction of sp³-hybridized carbons (Fsp3) is 0.778. The maximum atomic E-state index is 12.4. The van der Waals surface area contributed by atoms with E-state index < -0.39 is 18.0 Å². The minimum Gasteiger partial charge on any atom is -0.477 e. The molecule has 0 aromatic rings. The van der Waals surface area contributed by atoms with E-state index in [1.165, 1.54) is 4.90 Å². The van der Waals surface area contributed by atoms with Gasteiger partial charge in [0.05, 0.1) is 30.8 Å². The van der Waals surface area contributed by atoms with E-state index in [0.29, 0.717) is 5.25 Å². The summed E-state index contributed by atoms with van der Waals surface area (Å²) in [5, 5.41) is 23.2. The Labute approximate surface area is 162 Å². The van der Waals surface area contributed by atoms with Crippen molar-refractivity contribution in [3.05, 3.63) is 10.6 Å². The van der Waals surface area contributed by atoms with Crippen molar-refractivity contribution in [2.45, 2.75) is 37.3 Å². The first-order chi connectivity index (χ1) is 12.9. The van der Waals surface area contributed by atoms with Crippen molar-refractivity contribution in [3.8, 4) is 0 Å². The number of likely N-dealkylation sites (tertiary alicyclic amines) is 1. The Bertz CT molecular complexity index is 657. The molecule has 4 rings (SSSR count). The molecule has 4 aliphatic rings. The predicted molar refractivity (Wildman–Crippen MR) is 100 cm³/mol. The van der Waals surface area contributed by atoms with E-state index in [-0.39, 0.29) is 29.7 Å². The number of morpholine rings is 1. The molecule has 0 spiro atoms. The second-order valence-corrected chi connectivity index (χ2v) is 9.27. The zero-order valence-electron chi connectivity index (χ0n) is 15.6. The Hall–Kier alpha value is -1.13. The zero-order valence-corrected chi connectivity index (χ0v) is 16.4. The first kappa shape index (κ1) is 19.2.